The van der Waals surface area contributed by atoms with E-state index >= 15 is 0 Å². The van der Waals surface area contributed by atoms with Crippen molar-refractivity contribution in [3.05, 3.63) is 0 Å². The van der Waals surface area contributed by atoms with Crippen molar-refractivity contribution in [1.29, 1.82) is 0 Å². The summed E-state index contributed by atoms with van der Waals surface area (Å²) in [5.41, 5.74) is 5.82. The van der Waals surface area contributed by atoms with E-state index in [2.05, 4.69) is 17.2 Å². The molecule has 1 fully saturated rings. The molecule has 0 radical (unpaired) electrons. The second-order valence-corrected chi connectivity index (χ2v) is 5.80. The number of guanidine groups is 1. The number of amides is 1. The maximum absolute atomic E-state index is 11.4. The zero-order valence-corrected chi connectivity index (χ0v) is 16.3. The highest BCUT2D eigenvalue weighted by Crippen LogP contribution is 2.09. The first-order chi connectivity index (χ1) is 10.2. The lowest BCUT2D eigenvalue weighted by Gasteiger charge is -2.14. The van der Waals surface area contributed by atoms with Gasteiger partial charge in [0.15, 0.2) is 5.96 Å². The molecule has 0 bridgehead atoms. The molecule has 0 aliphatic carbocycles. The Morgan fingerprint density at radius 3 is 2.64 bits per heavy atom. The van der Waals surface area contributed by atoms with Crippen molar-refractivity contribution in [2.75, 3.05) is 26.2 Å². The van der Waals surface area contributed by atoms with E-state index in [1.165, 1.54) is 32.1 Å². The molecule has 0 spiro atoms. The number of hydrogen-bond donors (Lipinski definition) is 2. The van der Waals surface area contributed by atoms with Gasteiger partial charge in [-0.05, 0) is 19.3 Å². The number of likely N-dealkylation sites (tertiary alicyclic amines) is 1. The summed E-state index contributed by atoms with van der Waals surface area (Å²) in [6.07, 6.45) is 10.3. The second-order valence-electron chi connectivity index (χ2n) is 5.80. The van der Waals surface area contributed by atoms with E-state index in [-0.39, 0.29) is 29.9 Å². The molecule has 0 unspecified atom stereocenters. The average Bonchev–Trinajstić information content (AvgIpc) is 2.88. The summed E-state index contributed by atoms with van der Waals surface area (Å²) in [6, 6.07) is 0. The van der Waals surface area contributed by atoms with Crippen LogP contribution in [0.2, 0.25) is 0 Å². The quantitative estimate of drug-likeness (QED) is 0.232. The van der Waals surface area contributed by atoms with E-state index in [0.717, 1.165) is 38.9 Å². The van der Waals surface area contributed by atoms with Gasteiger partial charge in [-0.3, -0.25) is 9.79 Å². The molecule has 0 aromatic rings. The number of nitrogens with zero attached hydrogens (tertiary/aromatic N) is 2. The third kappa shape index (κ3) is 10.2. The lowest BCUT2D eigenvalue weighted by atomic mass is 10.1. The molecule has 0 aromatic carbocycles. The van der Waals surface area contributed by atoms with Crippen LogP contribution in [0.4, 0.5) is 0 Å². The average molecular weight is 424 g/mol. The number of unbranched alkanes of at least 4 members (excludes halogenated alkanes) is 5. The normalized spacial score (nSPS) is 15.0. The van der Waals surface area contributed by atoms with E-state index in [1.807, 2.05) is 4.90 Å². The van der Waals surface area contributed by atoms with Crippen molar-refractivity contribution in [2.45, 2.75) is 64.7 Å². The van der Waals surface area contributed by atoms with Crippen molar-refractivity contribution in [3.8, 4) is 0 Å². The summed E-state index contributed by atoms with van der Waals surface area (Å²) in [6.45, 7) is 5.56. The zero-order valence-electron chi connectivity index (χ0n) is 14.0. The second kappa shape index (κ2) is 14.1. The maximum atomic E-state index is 11.4. The van der Waals surface area contributed by atoms with Crippen LogP contribution in [0, 0.1) is 0 Å². The van der Waals surface area contributed by atoms with Crippen molar-refractivity contribution < 1.29 is 4.79 Å². The Morgan fingerprint density at radius 2 is 1.95 bits per heavy atom. The van der Waals surface area contributed by atoms with Crippen LogP contribution in [0.3, 0.4) is 0 Å². The number of rotatable bonds is 11. The summed E-state index contributed by atoms with van der Waals surface area (Å²) in [4.78, 5) is 17.7. The van der Waals surface area contributed by atoms with Gasteiger partial charge in [0.1, 0.15) is 0 Å². The minimum Gasteiger partial charge on any atom is -0.370 e. The van der Waals surface area contributed by atoms with Crippen LogP contribution in [-0.2, 0) is 4.79 Å². The number of halogens is 1. The van der Waals surface area contributed by atoms with Gasteiger partial charge in [-0.1, -0.05) is 39.0 Å². The molecule has 0 saturated carbocycles. The molecule has 3 N–H and O–H groups in total. The van der Waals surface area contributed by atoms with Gasteiger partial charge in [0, 0.05) is 32.6 Å². The maximum Gasteiger partial charge on any atom is 0.222 e. The van der Waals surface area contributed by atoms with Gasteiger partial charge in [0.2, 0.25) is 5.91 Å². The predicted molar refractivity (Wildman–Crippen MR) is 104 cm³/mol. The first kappa shape index (κ1) is 21.5. The highest BCUT2D eigenvalue weighted by molar-refractivity contribution is 14.0. The molecule has 130 valence electrons. The number of nitrogens with one attached hydrogen (secondary N) is 1. The van der Waals surface area contributed by atoms with Crippen LogP contribution in [0.5, 0.6) is 0 Å². The van der Waals surface area contributed by atoms with Gasteiger partial charge in [-0.25, -0.2) is 0 Å². The standard InChI is InChI=1S/C16H32N4O.HI/c1-2-3-4-5-6-7-11-18-16(17)19-12-9-14-20-13-8-10-15(20)21;/h2-14H2,1H3,(H3,17,18,19);1H. The Hall–Kier alpha value is -0.530. The van der Waals surface area contributed by atoms with Crippen LogP contribution in [-0.4, -0.2) is 42.9 Å². The topological polar surface area (TPSA) is 70.7 Å². The van der Waals surface area contributed by atoms with E-state index in [9.17, 15) is 4.79 Å². The Bertz CT molecular complexity index is 323. The molecule has 1 aliphatic heterocycles. The Labute approximate surface area is 152 Å². The molecule has 6 heteroatoms. The summed E-state index contributed by atoms with van der Waals surface area (Å²) in [7, 11) is 0. The highest BCUT2D eigenvalue weighted by Gasteiger charge is 2.18. The van der Waals surface area contributed by atoms with E-state index in [1.54, 1.807) is 0 Å². The van der Waals surface area contributed by atoms with Crippen LogP contribution in [0.25, 0.3) is 0 Å². The van der Waals surface area contributed by atoms with E-state index < -0.39 is 0 Å². The van der Waals surface area contributed by atoms with Crippen LogP contribution in [0.1, 0.15) is 64.7 Å². The van der Waals surface area contributed by atoms with Gasteiger partial charge in [0.25, 0.3) is 0 Å². The smallest absolute Gasteiger partial charge is 0.222 e. The lowest BCUT2D eigenvalue weighted by Crippen LogP contribution is -2.33. The predicted octanol–water partition coefficient (Wildman–Crippen LogP) is 2.88. The minimum absolute atomic E-state index is 0. The summed E-state index contributed by atoms with van der Waals surface area (Å²) < 4.78 is 0. The van der Waals surface area contributed by atoms with Crippen molar-refractivity contribution >= 4 is 35.8 Å². The van der Waals surface area contributed by atoms with Crippen molar-refractivity contribution in [1.82, 2.24) is 10.2 Å². The Morgan fingerprint density at radius 1 is 1.23 bits per heavy atom. The monoisotopic (exact) mass is 424 g/mol. The lowest BCUT2D eigenvalue weighted by molar-refractivity contribution is -0.127. The number of carbonyl (C=O) groups is 1. The first-order valence-corrected chi connectivity index (χ1v) is 8.55. The molecule has 0 atom stereocenters. The van der Waals surface area contributed by atoms with E-state index in [4.69, 9.17) is 5.73 Å². The molecule has 1 aliphatic rings. The third-order valence-electron chi connectivity index (χ3n) is 3.88. The Kier molecular flexibility index (Phi) is 13.7. The van der Waals surface area contributed by atoms with Crippen LogP contribution < -0.4 is 11.1 Å². The molecule has 22 heavy (non-hydrogen) atoms. The van der Waals surface area contributed by atoms with Gasteiger partial charge in [-0.15, -0.1) is 24.0 Å². The fourth-order valence-electron chi connectivity index (χ4n) is 2.58. The molecular formula is C16H33IN4O. The molecule has 1 amide bonds. The van der Waals surface area contributed by atoms with Gasteiger partial charge in [0.05, 0.1) is 0 Å². The SMILES string of the molecule is CCCCCCCCNC(N)=NCCCN1CCCC1=O.I. The fraction of sp³-hybridized carbons (Fsp3) is 0.875. The molecule has 1 saturated heterocycles. The van der Waals surface area contributed by atoms with Crippen molar-refractivity contribution in [2.24, 2.45) is 10.7 Å². The minimum atomic E-state index is 0. The number of carbonyl (C=O) groups excluding carboxylic acids is 1. The summed E-state index contributed by atoms with van der Waals surface area (Å²) in [5.74, 6) is 0.824. The first-order valence-electron chi connectivity index (χ1n) is 8.55. The zero-order chi connectivity index (χ0) is 15.3. The van der Waals surface area contributed by atoms with Crippen LogP contribution >= 0.6 is 24.0 Å². The molecule has 0 aromatic heterocycles. The summed E-state index contributed by atoms with van der Waals surface area (Å²) >= 11 is 0. The Balaban J connectivity index is 0.00000441. The van der Waals surface area contributed by atoms with Gasteiger partial charge >= 0.3 is 0 Å². The number of aliphatic imine (C=N–C) groups is 1. The molecular weight excluding hydrogens is 391 g/mol. The molecule has 1 rings (SSSR count). The molecule has 5 nitrogen and oxygen atoms in total. The van der Waals surface area contributed by atoms with Gasteiger partial charge in [-0.2, -0.15) is 0 Å². The third-order valence-corrected chi connectivity index (χ3v) is 3.88. The van der Waals surface area contributed by atoms with Crippen molar-refractivity contribution in [3.63, 3.8) is 0 Å². The fourth-order valence-corrected chi connectivity index (χ4v) is 2.58. The van der Waals surface area contributed by atoms with Crippen LogP contribution in [0.15, 0.2) is 4.99 Å². The largest absolute Gasteiger partial charge is 0.370 e. The number of nitrogens with two attached hydrogens (primary N) is 1. The number of hydrogen-bond acceptors (Lipinski definition) is 2. The van der Waals surface area contributed by atoms with E-state index in [0.29, 0.717) is 18.9 Å². The highest BCUT2D eigenvalue weighted by atomic mass is 127. The summed E-state index contributed by atoms with van der Waals surface area (Å²) in [5, 5.41) is 3.16. The molecule has 1 heterocycles. The van der Waals surface area contributed by atoms with Gasteiger partial charge < -0.3 is 16.0 Å².